The topological polar surface area (TPSA) is 58.4 Å². The Labute approximate surface area is 108 Å². The van der Waals surface area contributed by atoms with E-state index in [-0.39, 0.29) is 5.91 Å². The molecule has 0 atom stereocenters. The van der Waals surface area contributed by atoms with Crippen molar-refractivity contribution in [2.75, 3.05) is 24.6 Å². The molecule has 0 bridgehead atoms. The average Bonchev–Trinajstić information content (AvgIpc) is 2.22. The van der Waals surface area contributed by atoms with Crippen LogP contribution in [0.2, 0.25) is 0 Å². The van der Waals surface area contributed by atoms with Gasteiger partial charge in [-0.3, -0.25) is 9.69 Å². The second-order valence-corrected chi connectivity index (χ2v) is 5.07. The minimum absolute atomic E-state index is 0.0260. The second-order valence-electron chi connectivity index (χ2n) is 5.07. The monoisotopic (exact) mass is 247 g/mol. The number of hydrogen-bond acceptors (Lipinski definition) is 3. The van der Waals surface area contributed by atoms with Crippen LogP contribution in [0.5, 0.6) is 0 Å². The lowest BCUT2D eigenvalue weighted by Crippen LogP contribution is -2.41. The Morgan fingerprint density at radius 1 is 1.50 bits per heavy atom. The number of carbonyl (C=O) groups excluding carboxylic acids is 1. The van der Waals surface area contributed by atoms with Crippen LogP contribution in [0.4, 0.5) is 11.4 Å². The van der Waals surface area contributed by atoms with E-state index in [1.165, 1.54) is 19.3 Å². The Hall–Kier alpha value is -1.55. The first-order chi connectivity index (χ1) is 8.58. The predicted octanol–water partition coefficient (Wildman–Crippen LogP) is 2.00. The van der Waals surface area contributed by atoms with Crippen LogP contribution in [0.15, 0.2) is 18.2 Å². The molecule has 1 aromatic rings. The summed E-state index contributed by atoms with van der Waals surface area (Å²) in [6, 6.07) is 6.16. The summed E-state index contributed by atoms with van der Waals surface area (Å²) in [7, 11) is 2.01. The largest absolute Gasteiger partial charge is 0.398 e. The Kier molecular flexibility index (Phi) is 3.87. The van der Waals surface area contributed by atoms with Crippen LogP contribution in [0.25, 0.3) is 0 Å². The third-order valence-corrected chi connectivity index (χ3v) is 3.74. The van der Waals surface area contributed by atoms with Gasteiger partial charge in [0, 0.05) is 17.4 Å². The third-order valence-electron chi connectivity index (χ3n) is 3.74. The molecule has 0 aromatic heterocycles. The van der Waals surface area contributed by atoms with Crippen molar-refractivity contribution in [3.05, 3.63) is 23.8 Å². The van der Waals surface area contributed by atoms with Crippen molar-refractivity contribution >= 4 is 17.3 Å². The Balaban J connectivity index is 1.92. The Bertz CT molecular complexity index is 441. The van der Waals surface area contributed by atoms with Crippen molar-refractivity contribution in [3.63, 3.8) is 0 Å². The number of rotatable bonds is 4. The van der Waals surface area contributed by atoms with Gasteiger partial charge in [0.25, 0.3) is 0 Å². The van der Waals surface area contributed by atoms with Crippen molar-refractivity contribution < 1.29 is 4.79 Å². The van der Waals surface area contributed by atoms with Gasteiger partial charge in [-0.1, -0.05) is 12.5 Å². The molecule has 3 N–H and O–H groups in total. The van der Waals surface area contributed by atoms with E-state index in [1.807, 2.05) is 32.2 Å². The molecule has 4 heteroatoms. The summed E-state index contributed by atoms with van der Waals surface area (Å²) in [6.07, 6.45) is 3.70. The molecule has 0 saturated heterocycles. The van der Waals surface area contributed by atoms with Crippen molar-refractivity contribution in [2.45, 2.75) is 32.2 Å². The summed E-state index contributed by atoms with van der Waals surface area (Å²) in [4.78, 5) is 14.1. The number of carbonyl (C=O) groups is 1. The highest BCUT2D eigenvalue weighted by Crippen LogP contribution is 2.24. The summed E-state index contributed by atoms with van der Waals surface area (Å²) in [5, 5.41) is 2.92. The van der Waals surface area contributed by atoms with Gasteiger partial charge in [-0.2, -0.15) is 0 Å². The average molecular weight is 247 g/mol. The first-order valence-electron chi connectivity index (χ1n) is 6.43. The van der Waals surface area contributed by atoms with Gasteiger partial charge in [-0.15, -0.1) is 0 Å². The SMILES string of the molecule is Cc1c(N)cccc1NC(=O)CN(C)C1CCC1. The maximum Gasteiger partial charge on any atom is 0.238 e. The van der Waals surface area contributed by atoms with E-state index in [0.29, 0.717) is 18.3 Å². The van der Waals surface area contributed by atoms with Gasteiger partial charge >= 0.3 is 0 Å². The highest BCUT2D eigenvalue weighted by Gasteiger charge is 2.23. The van der Waals surface area contributed by atoms with Gasteiger partial charge in [-0.25, -0.2) is 0 Å². The van der Waals surface area contributed by atoms with Crippen LogP contribution >= 0.6 is 0 Å². The van der Waals surface area contributed by atoms with Crippen LogP contribution in [-0.2, 0) is 4.79 Å². The van der Waals surface area contributed by atoms with Crippen LogP contribution in [0.3, 0.4) is 0 Å². The van der Waals surface area contributed by atoms with E-state index in [0.717, 1.165) is 11.3 Å². The molecule has 1 aliphatic rings. The molecule has 1 fully saturated rings. The number of benzene rings is 1. The lowest BCUT2D eigenvalue weighted by atomic mass is 9.92. The quantitative estimate of drug-likeness (QED) is 0.800. The molecule has 4 nitrogen and oxygen atoms in total. The number of nitrogens with zero attached hydrogens (tertiary/aromatic N) is 1. The van der Waals surface area contributed by atoms with Crippen molar-refractivity contribution in [1.82, 2.24) is 4.90 Å². The lowest BCUT2D eigenvalue weighted by molar-refractivity contribution is -0.117. The Morgan fingerprint density at radius 2 is 2.22 bits per heavy atom. The fraction of sp³-hybridized carbons (Fsp3) is 0.500. The van der Waals surface area contributed by atoms with E-state index in [9.17, 15) is 4.79 Å². The van der Waals surface area contributed by atoms with E-state index in [2.05, 4.69) is 10.2 Å². The molecule has 0 heterocycles. The number of nitrogen functional groups attached to an aromatic ring is 1. The molecule has 2 rings (SSSR count). The van der Waals surface area contributed by atoms with E-state index >= 15 is 0 Å². The second kappa shape index (κ2) is 5.40. The molecular formula is C14H21N3O. The fourth-order valence-electron chi connectivity index (χ4n) is 2.16. The van der Waals surface area contributed by atoms with Gasteiger partial charge in [0.05, 0.1) is 6.54 Å². The molecule has 0 spiro atoms. The molecule has 1 aliphatic carbocycles. The third kappa shape index (κ3) is 2.82. The Morgan fingerprint density at radius 3 is 2.83 bits per heavy atom. The molecule has 0 aliphatic heterocycles. The van der Waals surface area contributed by atoms with E-state index in [1.54, 1.807) is 0 Å². The number of hydrogen-bond donors (Lipinski definition) is 2. The van der Waals surface area contributed by atoms with Gasteiger partial charge in [0.15, 0.2) is 0 Å². The fourth-order valence-corrected chi connectivity index (χ4v) is 2.16. The predicted molar refractivity (Wildman–Crippen MR) is 74.5 cm³/mol. The van der Waals surface area contributed by atoms with Crippen LogP contribution in [0, 0.1) is 6.92 Å². The van der Waals surface area contributed by atoms with Gasteiger partial charge in [-0.05, 0) is 44.5 Å². The van der Waals surface area contributed by atoms with Gasteiger partial charge < -0.3 is 11.1 Å². The first kappa shape index (κ1) is 12.9. The molecule has 98 valence electrons. The smallest absolute Gasteiger partial charge is 0.238 e. The van der Waals surface area contributed by atoms with Gasteiger partial charge in [0.1, 0.15) is 0 Å². The number of likely N-dealkylation sites (N-methyl/N-ethyl adjacent to an activating group) is 1. The molecule has 1 saturated carbocycles. The molecule has 1 aromatic carbocycles. The normalized spacial score (nSPS) is 15.5. The maximum absolute atomic E-state index is 11.9. The first-order valence-corrected chi connectivity index (χ1v) is 6.43. The summed E-state index contributed by atoms with van der Waals surface area (Å²) >= 11 is 0. The molecular weight excluding hydrogens is 226 g/mol. The minimum Gasteiger partial charge on any atom is -0.398 e. The zero-order chi connectivity index (χ0) is 13.1. The number of amides is 1. The highest BCUT2D eigenvalue weighted by molar-refractivity contribution is 5.93. The minimum atomic E-state index is 0.0260. The number of anilines is 2. The zero-order valence-electron chi connectivity index (χ0n) is 11.1. The van der Waals surface area contributed by atoms with E-state index in [4.69, 9.17) is 5.73 Å². The zero-order valence-corrected chi connectivity index (χ0v) is 11.1. The summed E-state index contributed by atoms with van der Waals surface area (Å²) in [5.74, 6) is 0.0260. The van der Waals surface area contributed by atoms with Crippen LogP contribution < -0.4 is 11.1 Å². The molecule has 18 heavy (non-hydrogen) atoms. The molecule has 0 radical (unpaired) electrons. The molecule has 0 unspecified atom stereocenters. The van der Waals surface area contributed by atoms with Gasteiger partial charge in [0.2, 0.25) is 5.91 Å². The maximum atomic E-state index is 11.9. The van der Waals surface area contributed by atoms with Crippen molar-refractivity contribution in [2.24, 2.45) is 0 Å². The molecule has 1 amide bonds. The highest BCUT2D eigenvalue weighted by atomic mass is 16.2. The summed E-state index contributed by atoms with van der Waals surface area (Å²) < 4.78 is 0. The standard InChI is InChI=1S/C14H21N3O/c1-10-12(15)7-4-8-13(10)16-14(18)9-17(2)11-5-3-6-11/h4,7-8,11H,3,5-6,9,15H2,1-2H3,(H,16,18). The lowest BCUT2D eigenvalue weighted by Gasteiger charge is -2.34. The summed E-state index contributed by atoms with van der Waals surface area (Å²) in [6.45, 7) is 2.36. The number of nitrogens with two attached hydrogens (primary N) is 1. The van der Waals surface area contributed by atoms with Crippen LogP contribution in [-0.4, -0.2) is 30.4 Å². The van der Waals surface area contributed by atoms with Crippen LogP contribution in [0.1, 0.15) is 24.8 Å². The van der Waals surface area contributed by atoms with E-state index < -0.39 is 0 Å². The summed E-state index contributed by atoms with van der Waals surface area (Å²) in [5.41, 5.74) is 8.26. The van der Waals surface area contributed by atoms with Crippen molar-refractivity contribution in [1.29, 1.82) is 0 Å². The van der Waals surface area contributed by atoms with Crippen molar-refractivity contribution in [3.8, 4) is 0 Å². The number of nitrogens with one attached hydrogen (secondary N) is 1.